The first-order chi connectivity index (χ1) is 9.12. The van der Waals surface area contributed by atoms with Gasteiger partial charge in [0.25, 0.3) is 0 Å². The largest absolute Gasteiger partial charge is 0.496 e. The number of aliphatic hydroxyl groups excluding tert-OH is 1. The number of halogens is 1. The van der Waals surface area contributed by atoms with Gasteiger partial charge in [0.2, 0.25) is 0 Å². The van der Waals surface area contributed by atoms with Gasteiger partial charge in [0.1, 0.15) is 5.75 Å². The molecule has 2 nitrogen and oxygen atoms in total. The highest BCUT2D eigenvalue weighted by molar-refractivity contribution is 9.10. The highest BCUT2D eigenvalue weighted by Gasteiger charge is 2.19. The maximum atomic E-state index is 10.4. The minimum absolute atomic E-state index is 0.292. The van der Waals surface area contributed by atoms with Gasteiger partial charge in [0.05, 0.1) is 13.2 Å². The zero-order valence-corrected chi connectivity index (χ0v) is 13.7. The van der Waals surface area contributed by atoms with Gasteiger partial charge in [-0.2, -0.15) is 0 Å². The van der Waals surface area contributed by atoms with Crippen molar-refractivity contribution in [1.82, 2.24) is 0 Å². The van der Waals surface area contributed by atoms with Crippen molar-refractivity contribution in [3.05, 3.63) is 28.2 Å². The van der Waals surface area contributed by atoms with Gasteiger partial charge in [-0.05, 0) is 36.1 Å². The predicted molar refractivity (Wildman–Crippen MR) is 83.7 cm³/mol. The van der Waals surface area contributed by atoms with Gasteiger partial charge in [-0.1, -0.05) is 49.0 Å². The third-order valence-electron chi connectivity index (χ3n) is 3.67. The molecule has 2 unspecified atom stereocenters. The van der Waals surface area contributed by atoms with E-state index in [2.05, 4.69) is 29.8 Å². The van der Waals surface area contributed by atoms with Crippen LogP contribution in [0.2, 0.25) is 0 Å². The van der Waals surface area contributed by atoms with Crippen LogP contribution in [0.4, 0.5) is 0 Å². The Kier molecular flexibility index (Phi) is 7.47. The molecule has 0 saturated heterocycles. The lowest BCUT2D eigenvalue weighted by molar-refractivity contribution is 0.0981. The molecule has 108 valence electrons. The Bertz CT molecular complexity index is 379. The fraction of sp³-hybridized carbons (Fsp3) is 0.625. The molecule has 0 aromatic heterocycles. The first-order valence-electron chi connectivity index (χ1n) is 7.12. The van der Waals surface area contributed by atoms with Gasteiger partial charge in [-0.3, -0.25) is 0 Å². The van der Waals surface area contributed by atoms with E-state index in [0.717, 1.165) is 28.6 Å². The maximum absolute atomic E-state index is 10.4. The summed E-state index contributed by atoms with van der Waals surface area (Å²) in [6.45, 7) is 4.35. The van der Waals surface area contributed by atoms with E-state index in [0.29, 0.717) is 12.3 Å². The number of unbranched alkanes of at least 4 members (excludes halogenated alkanes) is 1. The Morgan fingerprint density at radius 2 is 2.05 bits per heavy atom. The summed E-state index contributed by atoms with van der Waals surface area (Å²) in [5.74, 6) is 1.23. The summed E-state index contributed by atoms with van der Waals surface area (Å²) in [6.07, 6.45) is 4.86. The van der Waals surface area contributed by atoms with Crippen molar-refractivity contribution < 1.29 is 9.84 Å². The fourth-order valence-corrected chi connectivity index (χ4v) is 2.84. The fourth-order valence-electron chi connectivity index (χ4n) is 2.43. The highest BCUT2D eigenvalue weighted by Crippen LogP contribution is 2.27. The smallest absolute Gasteiger partial charge is 0.122 e. The zero-order chi connectivity index (χ0) is 14.3. The SMILES string of the molecule is CCCCC(CC)C(O)Cc1cc(Br)ccc1OC. The summed E-state index contributed by atoms with van der Waals surface area (Å²) in [7, 11) is 1.67. The second-order valence-corrected chi connectivity index (χ2v) is 5.95. The molecule has 0 radical (unpaired) electrons. The van der Waals surface area contributed by atoms with E-state index in [1.54, 1.807) is 7.11 Å². The summed E-state index contributed by atoms with van der Waals surface area (Å²) in [6, 6.07) is 5.94. The number of aliphatic hydroxyl groups is 1. The van der Waals surface area contributed by atoms with Crippen molar-refractivity contribution >= 4 is 15.9 Å². The monoisotopic (exact) mass is 328 g/mol. The number of ether oxygens (including phenoxy) is 1. The van der Waals surface area contributed by atoms with Crippen LogP contribution in [0.3, 0.4) is 0 Å². The average Bonchev–Trinajstić information content (AvgIpc) is 2.40. The van der Waals surface area contributed by atoms with Crippen molar-refractivity contribution in [3.63, 3.8) is 0 Å². The lowest BCUT2D eigenvalue weighted by Gasteiger charge is -2.22. The van der Waals surface area contributed by atoms with Crippen LogP contribution in [0, 0.1) is 5.92 Å². The lowest BCUT2D eigenvalue weighted by atomic mass is 9.89. The van der Waals surface area contributed by atoms with E-state index in [9.17, 15) is 5.11 Å². The molecule has 1 aromatic rings. The number of rotatable bonds is 8. The molecule has 0 bridgehead atoms. The van der Waals surface area contributed by atoms with Crippen molar-refractivity contribution in [2.75, 3.05) is 7.11 Å². The molecule has 19 heavy (non-hydrogen) atoms. The normalized spacial score (nSPS) is 14.2. The predicted octanol–water partition coefficient (Wildman–Crippen LogP) is 4.58. The van der Waals surface area contributed by atoms with Gasteiger partial charge in [0, 0.05) is 10.9 Å². The summed E-state index contributed by atoms with van der Waals surface area (Å²) in [5.41, 5.74) is 1.07. The van der Waals surface area contributed by atoms with Gasteiger partial charge in [0.15, 0.2) is 0 Å². The Morgan fingerprint density at radius 1 is 1.32 bits per heavy atom. The summed E-state index contributed by atoms with van der Waals surface area (Å²) >= 11 is 3.47. The van der Waals surface area contributed by atoms with E-state index in [-0.39, 0.29) is 6.10 Å². The van der Waals surface area contributed by atoms with Crippen molar-refractivity contribution in [3.8, 4) is 5.75 Å². The second kappa shape index (κ2) is 8.60. The molecule has 0 saturated carbocycles. The van der Waals surface area contributed by atoms with E-state index < -0.39 is 0 Å². The van der Waals surface area contributed by atoms with E-state index in [1.165, 1.54) is 12.8 Å². The minimum Gasteiger partial charge on any atom is -0.496 e. The number of methoxy groups -OCH3 is 1. The van der Waals surface area contributed by atoms with E-state index >= 15 is 0 Å². The molecule has 0 aliphatic carbocycles. The number of hydrogen-bond acceptors (Lipinski definition) is 2. The first-order valence-corrected chi connectivity index (χ1v) is 7.92. The molecule has 0 aliphatic rings. The first kappa shape index (κ1) is 16.5. The molecule has 0 aliphatic heterocycles. The average molecular weight is 329 g/mol. The van der Waals surface area contributed by atoms with Crippen LogP contribution in [0.5, 0.6) is 5.75 Å². The Morgan fingerprint density at radius 3 is 2.63 bits per heavy atom. The summed E-state index contributed by atoms with van der Waals surface area (Å²) in [5, 5.41) is 10.4. The van der Waals surface area contributed by atoms with Crippen molar-refractivity contribution in [2.24, 2.45) is 5.92 Å². The highest BCUT2D eigenvalue weighted by atomic mass is 79.9. The molecular formula is C16H25BrO2. The third kappa shape index (κ3) is 5.15. The number of hydrogen-bond donors (Lipinski definition) is 1. The molecule has 1 aromatic carbocycles. The third-order valence-corrected chi connectivity index (χ3v) is 4.16. The van der Waals surface area contributed by atoms with Crippen LogP contribution in [-0.4, -0.2) is 18.3 Å². The molecule has 1 rings (SSSR count). The number of benzene rings is 1. The van der Waals surface area contributed by atoms with E-state index in [1.807, 2.05) is 18.2 Å². The molecule has 2 atom stereocenters. The van der Waals surface area contributed by atoms with Crippen LogP contribution < -0.4 is 4.74 Å². The second-order valence-electron chi connectivity index (χ2n) is 5.04. The van der Waals surface area contributed by atoms with Crippen molar-refractivity contribution in [1.29, 1.82) is 0 Å². The standard InChI is InChI=1S/C16H25BrO2/c1-4-6-7-12(5-2)15(18)11-13-10-14(17)8-9-16(13)19-3/h8-10,12,15,18H,4-7,11H2,1-3H3. The zero-order valence-electron chi connectivity index (χ0n) is 12.2. The van der Waals surface area contributed by atoms with Crippen LogP contribution in [0.15, 0.2) is 22.7 Å². The lowest BCUT2D eigenvalue weighted by Crippen LogP contribution is -2.22. The minimum atomic E-state index is -0.292. The van der Waals surface area contributed by atoms with Gasteiger partial charge < -0.3 is 9.84 Å². The molecule has 3 heteroatoms. The van der Waals surface area contributed by atoms with Gasteiger partial charge in [-0.15, -0.1) is 0 Å². The van der Waals surface area contributed by atoms with Crippen molar-refractivity contribution in [2.45, 2.75) is 52.1 Å². The molecule has 0 spiro atoms. The molecule has 0 heterocycles. The Balaban J connectivity index is 2.73. The van der Waals surface area contributed by atoms with Gasteiger partial charge >= 0.3 is 0 Å². The van der Waals surface area contributed by atoms with Crippen LogP contribution in [0.25, 0.3) is 0 Å². The Labute approximate surface area is 125 Å². The Hall–Kier alpha value is -0.540. The quantitative estimate of drug-likeness (QED) is 0.756. The summed E-state index contributed by atoms with van der Waals surface area (Å²) < 4.78 is 6.39. The molecule has 1 N–H and O–H groups in total. The van der Waals surface area contributed by atoms with Gasteiger partial charge in [-0.25, -0.2) is 0 Å². The van der Waals surface area contributed by atoms with E-state index in [4.69, 9.17) is 4.74 Å². The van der Waals surface area contributed by atoms with Crippen LogP contribution in [0.1, 0.15) is 45.1 Å². The molecular weight excluding hydrogens is 304 g/mol. The molecule has 0 amide bonds. The maximum Gasteiger partial charge on any atom is 0.122 e. The molecule has 0 fully saturated rings. The van der Waals surface area contributed by atoms with Crippen LogP contribution >= 0.6 is 15.9 Å². The summed E-state index contributed by atoms with van der Waals surface area (Å²) in [4.78, 5) is 0. The van der Waals surface area contributed by atoms with Crippen LogP contribution in [-0.2, 0) is 6.42 Å². The topological polar surface area (TPSA) is 29.5 Å².